The molecule has 1 N–H and O–H groups in total. The van der Waals surface area contributed by atoms with Crippen molar-refractivity contribution in [2.75, 3.05) is 26.2 Å². The van der Waals surface area contributed by atoms with Gasteiger partial charge in [-0.1, -0.05) is 42.6 Å². The molecule has 1 aromatic rings. The quantitative estimate of drug-likeness (QED) is 0.673. The van der Waals surface area contributed by atoms with Gasteiger partial charge in [0.05, 0.1) is 17.9 Å². The van der Waals surface area contributed by atoms with E-state index < -0.39 is 0 Å². The maximum atomic E-state index is 12.6. The van der Waals surface area contributed by atoms with Crippen molar-refractivity contribution in [2.45, 2.75) is 51.0 Å². The fourth-order valence-corrected chi connectivity index (χ4v) is 5.46. The Labute approximate surface area is 182 Å². The average molecular weight is 432 g/mol. The van der Waals surface area contributed by atoms with Crippen molar-refractivity contribution in [3.05, 3.63) is 34.9 Å². The summed E-state index contributed by atoms with van der Waals surface area (Å²) in [7, 11) is 0. The minimum atomic E-state index is -0.158. The third-order valence-electron chi connectivity index (χ3n) is 6.83. The molecule has 1 aromatic carbocycles. The molecule has 2 aliphatic heterocycles. The van der Waals surface area contributed by atoms with E-state index in [9.17, 15) is 14.4 Å². The number of imide groups is 1. The number of hydrogen-bond acceptors (Lipinski definition) is 4. The maximum Gasteiger partial charge on any atom is 0.233 e. The number of benzene rings is 1. The minimum absolute atomic E-state index is 0.0306. The summed E-state index contributed by atoms with van der Waals surface area (Å²) in [5.74, 6) is -0.614. The van der Waals surface area contributed by atoms with Crippen molar-refractivity contribution in [3.8, 4) is 0 Å². The Kier molecular flexibility index (Phi) is 6.74. The Balaban J connectivity index is 1.33. The number of carbonyl (C=O) groups excluding carboxylic acids is 3. The number of likely N-dealkylation sites (tertiary alicyclic amines) is 2. The largest absolute Gasteiger partial charge is 0.354 e. The number of fused-ring (bicyclic) bond motifs is 1. The summed E-state index contributed by atoms with van der Waals surface area (Å²) in [6, 6.07) is 7.80. The van der Waals surface area contributed by atoms with Gasteiger partial charge in [0.15, 0.2) is 0 Å². The van der Waals surface area contributed by atoms with Crippen molar-refractivity contribution in [2.24, 2.45) is 11.8 Å². The molecule has 3 aliphatic rings. The third kappa shape index (κ3) is 4.40. The van der Waals surface area contributed by atoms with Crippen LogP contribution in [0.15, 0.2) is 24.3 Å². The van der Waals surface area contributed by atoms with E-state index in [2.05, 4.69) is 10.2 Å². The van der Waals surface area contributed by atoms with Crippen molar-refractivity contribution in [1.29, 1.82) is 0 Å². The zero-order valence-corrected chi connectivity index (χ0v) is 18.1. The first-order valence-electron chi connectivity index (χ1n) is 11.2. The SMILES string of the molecule is O=C(CCN1C(=O)[C@H]2CCCC[C@H]2C1=O)NC[C@@H](c1ccccc1Cl)N1CCCC1. The molecule has 2 heterocycles. The van der Waals surface area contributed by atoms with E-state index in [0.717, 1.165) is 57.2 Å². The van der Waals surface area contributed by atoms with Gasteiger partial charge >= 0.3 is 0 Å². The van der Waals surface area contributed by atoms with E-state index in [0.29, 0.717) is 11.6 Å². The molecule has 1 aliphatic carbocycles. The number of carbonyl (C=O) groups is 3. The van der Waals surface area contributed by atoms with Crippen LogP contribution in [-0.4, -0.2) is 53.7 Å². The second-order valence-corrected chi connectivity index (χ2v) is 9.07. The first-order chi connectivity index (χ1) is 14.6. The smallest absolute Gasteiger partial charge is 0.233 e. The minimum Gasteiger partial charge on any atom is -0.354 e. The van der Waals surface area contributed by atoms with Crippen molar-refractivity contribution in [1.82, 2.24) is 15.1 Å². The van der Waals surface area contributed by atoms with Gasteiger partial charge in [0.25, 0.3) is 0 Å². The highest BCUT2D eigenvalue weighted by molar-refractivity contribution is 6.31. The highest BCUT2D eigenvalue weighted by Gasteiger charge is 2.47. The maximum absolute atomic E-state index is 12.6. The standard InChI is InChI=1S/C23H30ClN3O3/c24-19-10-4-3-9-18(19)20(26-12-5-6-13-26)15-25-21(28)11-14-27-22(29)16-7-1-2-8-17(16)23(27)30/h3-4,9-10,16-17,20H,1-2,5-8,11-15H2,(H,25,28)/t16-,17+,20-/m0/s1. The van der Waals surface area contributed by atoms with Gasteiger partial charge in [0.1, 0.15) is 0 Å². The van der Waals surface area contributed by atoms with Crippen LogP contribution in [0.1, 0.15) is 56.6 Å². The van der Waals surface area contributed by atoms with Crippen LogP contribution in [0, 0.1) is 11.8 Å². The second-order valence-electron chi connectivity index (χ2n) is 8.66. The lowest BCUT2D eigenvalue weighted by atomic mass is 9.81. The summed E-state index contributed by atoms with van der Waals surface area (Å²) in [4.78, 5) is 41.4. The van der Waals surface area contributed by atoms with Gasteiger partial charge in [-0.2, -0.15) is 0 Å². The Morgan fingerprint density at radius 3 is 2.30 bits per heavy atom. The summed E-state index contributed by atoms with van der Waals surface area (Å²) >= 11 is 6.43. The van der Waals surface area contributed by atoms with Crippen LogP contribution >= 0.6 is 11.6 Å². The Hall–Kier alpha value is -1.92. The molecule has 3 fully saturated rings. The zero-order valence-electron chi connectivity index (χ0n) is 17.3. The molecule has 2 saturated heterocycles. The first kappa shape index (κ1) is 21.3. The topological polar surface area (TPSA) is 69.7 Å². The fourth-order valence-electron chi connectivity index (χ4n) is 5.20. The van der Waals surface area contributed by atoms with Crippen LogP contribution in [0.4, 0.5) is 0 Å². The van der Waals surface area contributed by atoms with E-state index in [1.54, 1.807) is 0 Å². The van der Waals surface area contributed by atoms with Gasteiger partial charge in [0, 0.05) is 24.5 Å². The van der Waals surface area contributed by atoms with Crippen molar-refractivity contribution < 1.29 is 14.4 Å². The summed E-state index contributed by atoms with van der Waals surface area (Å²) in [5.41, 5.74) is 1.02. The highest BCUT2D eigenvalue weighted by Crippen LogP contribution is 2.38. The van der Waals surface area contributed by atoms with Gasteiger partial charge in [-0.3, -0.25) is 24.2 Å². The monoisotopic (exact) mass is 431 g/mol. The first-order valence-corrected chi connectivity index (χ1v) is 11.5. The summed E-state index contributed by atoms with van der Waals surface area (Å²) in [6.45, 7) is 2.63. The summed E-state index contributed by atoms with van der Waals surface area (Å²) < 4.78 is 0. The average Bonchev–Trinajstić information content (AvgIpc) is 3.36. The molecule has 3 atom stereocenters. The molecule has 162 valence electrons. The predicted octanol–water partition coefficient (Wildman–Crippen LogP) is 3.16. The van der Waals surface area contributed by atoms with Crippen molar-refractivity contribution >= 4 is 29.3 Å². The molecule has 0 unspecified atom stereocenters. The third-order valence-corrected chi connectivity index (χ3v) is 7.18. The van der Waals surface area contributed by atoms with E-state index >= 15 is 0 Å². The predicted molar refractivity (Wildman–Crippen MR) is 115 cm³/mol. The van der Waals surface area contributed by atoms with Crippen LogP contribution < -0.4 is 5.32 Å². The number of nitrogens with zero attached hydrogens (tertiary/aromatic N) is 2. The molecule has 3 amide bonds. The normalized spacial score (nSPS) is 25.4. The van der Waals surface area contributed by atoms with Crippen LogP contribution in [-0.2, 0) is 14.4 Å². The van der Waals surface area contributed by atoms with Crippen LogP contribution in [0.5, 0.6) is 0 Å². The molecule has 0 radical (unpaired) electrons. The lowest BCUT2D eigenvalue weighted by molar-refractivity contribution is -0.140. The van der Waals surface area contributed by atoms with Gasteiger partial charge < -0.3 is 5.32 Å². The van der Waals surface area contributed by atoms with E-state index in [1.165, 1.54) is 4.90 Å². The molecular weight excluding hydrogens is 402 g/mol. The van der Waals surface area contributed by atoms with Gasteiger partial charge in [-0.15, -0.1) is 0 Å². The Morgan fingerprint density at radius 1 is 1.03 bits per heavy atom. The van der Waals surface area contributed by atoms with Crippen LogP contribution in [0.2, 0.25) is 5.02 Å². The molecule has 30 heavy (non-hydrogen) atoms. The molecule has 0 spiro atoms. The molecule has 6 nitrogen and oxygen atoms in total. The van der Waals surface area contributed by atoms with E-state index in [-0.39, 0.29) is 48.6 Å². The fraction of sp³-hybridized carbons (Fsp3) is 0.609. The molecule has 0 bridgehead atoms. The number of halogens is 1. The van der Waals surface area contributed by atoms with E-state index in [4.69, 9.17) is 11.6 Å². The highest BCUT2D eigenvalue weighted by atomic mass is 35.5. The Bertz CT molecular complexity index is 785. The summed E-state index contributed by atoms with van der Waals surface area (Å²) in [5, 5.41) is 3.72. The number of nitrogens with one attached hydrogen (secondary N) is 1. The number of hydrogen-bond donors (Lipinski definition) is 1. The number of amides is 3. The molecule has 1 saturated carbocycles. The summed E-state index contributed by atoms with van der Waals surface area (Å²) in [6.07, 6.45) is 6.06. The van der Waals surface area contributed by atoms with Gasteiger partial charge in [0.2, 0.25) is 17.7 Å². The molecule has 7 heteroatoms. The second kappa shape index (κ2) is 9.48. The lowest BCUT2D eigenvalue weighted by Gasteiger charge is -2.29. The molecule has 0 aromatic heterocycles. The molecular formula is C23H30ClN3O3. The number of rotatable bonds is 7. The van der Waals surface area contributed by atoms with Crippen LogP contribution in [0.3, 0.4) is 0 Å². The Morgan fingerprint density at radius 2 is 1.67 bits per heavy atom. The molecule has 4 rings (SSSR count). The zero-order chi connectivity index (χ0) is 21.1. The van der Waals surface area contributed by atoms with Gasteiger partial charge in [-0.05, 0) is 50.4 Å². The van der Waals surface area contributed by atoms with Crippen LogP contribution in [0.25, 0.3) is 0 Å². The lowest BCUT2D eigenvalue weighted by Crippen LogP contribution is -2.39. The van der Waals surface area contributed by atoms with E-state index in [1.807, 2.05) is 24.3 Å². The van der Waals surface area contributed by atoms with Gasteiger partial charge in [-0.25, -0.2) is 0 Å². The van der Waals surface area contributed by atoms with Crippen molar-refractivity contribution in [3.63, 3.8) is 0 Å².